The highest BCUT2D eigenvalue weighted by Gasteiger charge is 2.22. The first-order valence-corrected chi connectivity index (χ1v) is 6.93. The van der Waals surface area contributed by atoms with Gasteiger partial charge < -0.3 is 5.11 Å². The Hall–Kier alpha value is -0.660. The normalized spacial score (nSPS) is 18.5. The molecule has 6 nitrogen and oxygen atoms in total. The number of carboxylic acids is 1. The molecule has 0 amide bonds. The molecule has 0 bridgehead atoms. The van der Waals surface area contributed by atoms with Gasteiger partial charge in [0, 0.05) is 26.1 Å². The van der Waals surface area contributed by atoms with Crippen molar-refractivity contribution in [2.75, 3.05) is 19.6 Å². The third-order valence-corrected chi connectivity index (χ3v) is 4.12. The summed E-state index contributed by atoms with van der Waals surface area (Å²) in [6.07, 6.45) is 3.18. The molecule has 1 aliphatic heterocycles. The van der Waals surface area contributed by atoms with Gasteiger partial charge in [-0.3, -0.25) is 4.79 Å². The van der Waals surface area contributed by atoms with E-state index in [1.807, 2.05) is 0 Å². The summed E-state index contributed by atoms with van der Waals surface area (Å²) in [5.41, 5.74) is 0. The van der Waals surface area contributed by atoms with Gasteiger partial charge in [0.2, 0.25) is 0 Å². The maximum atomic E-state index is 11.7. The number of carbonyl (C=O) groups is 1. The Balaban J connectivity index is 2.30. The molecule has 0 aliphatic carbocycles. The number of hydrogen-bond donors (Lipinski definition) is 2. The van der Waals surface area contributed by atoms with Gasteiger partial charge in [0.1, 0.15) is 0 Å². The molecule has 16 heavy (non-hydrogen) atoms. The Bertz CT molecular complexity index is 322. The molecule has 7 heteroatoms. The third-order valence-electron chi connectivity index (χ3n) is 2.51. The Morgan fingerprint density at radius 3 is 2.44 bits per heavy atom. The molecule has 0 aromatic carbocycles. The summed E-state index contributed by atoms with van der Waals surface area (Å²) < 4.78 is 27.2. The Labute approximate surface area is 95.8 Å². The highest BCUT2D eigenvalue weighted by atomic mass is 32.2. The second-order valence-corrected chi connectivity index (χ2v) is 5.61. The van der Waals surface area contributed by atoms with E-state index in [0.717, 1.165) is 19.3 Å². The lowest BCUT2D eigenvalue weighted by molar-refractivity contribution is -0.137. The minimum atomic E-state index is -3.39. The average Bonchev–Trinajstić information content (AvgIpc) is 2.26. The van der Waals surface area contributed by atoms with Gasteiger partial charge in [0.25, 0.3) is 10.2 Å². The van der Waals surface area contributed by atoms with Crippen molar-refractivity contribution >= 4 is 16.2 Å². The van der Waals surface area contributed by atoms with E-state index in [1.54, 1.807) is 0 Å². The SMILES string of the molecule is O=C(O)CCCNS(=O)(=O)N1CCCCC1. The van der Waals surface area contributed by atoms with Gasteiger partial charge in [-0.15, -0.1) is 0 Å². The molecular formula is C9H18N2O4S. The minimum Gasteiger partial charge on any atom is -0.481 e. The van der Waals surface area contributed by atoms with Crippen molar-refractivity contribution in [2.24, 2.45) is 0 Å². The largest absolute Gasteiger partial charge is 0.481 e. The van der Waals surface area contributed by atoms with Crippen LogP contribution >= 0.6 is 0 Å². The number of rotatable bonds is 6. The number of piperidine rings is 1. The fourth-order valence-electron chi connectivity index (χ4n) is 1.64. The number of carboxylic acid groups (broad SMARTS) is 1. The first kappa shape index (κ1) is 13.4. The summed E-state index contributed by atoms with van der Waals surface area (Å²) in [5.74, 6) is -0.905. The second-order valence-electron chi connectivity index (χ2n) is 3.86. The zero-order chi connectivity index (χ0) is 12.0. The van der Waals surface area contributed by atoms with Crippen molar-refractivity contribution in [1.29, 1.82) is 0 Å². The molecule has 0 saturated carbocycles. The summed E-state index contributed by atoms with van der Waals surface area (Å²) in [6.45, 7) is 1.31. The number of nitrogens with one attached hydrogen (secondary N) is 1. The molecule has 0 atom stereocenters. The van der Waals surface area contributed by atoms with Crippen LogP contribution in [0.2, 0.25) is 0 Å². The van der Waals surface area contributed by atoms with Crippen molar-refractivity contribution in [1.82, 2.24) is 9.03 Å². The van der Waals surface area contributed by atoms with E-state index in [-0.39, 0.29) is 13.0 Å². The molecule has 1 rings (SSSR count). The van der Waals surface area contributed by atoms with Crippen LogP contribution in [0.3, 0.4) is 0 Å². The maximum absolute atomic E-state index is 11.7. The summed E-state index contributed by atoms with van der Waals surface area (Å²) >= 11 is 0. The molecule has 1 fully saturated rings. The predicted octanol–water partition coefficient (Wildman–Crippen LogP) is 0.171. The van der Waals surface area contributed by atoms with Crippen LogP contribution in [0.5, 0.6) is 0 Å². The zero-order valence-corrected chi connectivity index (χ0v) is 10.0. The van der Waals surface area contributed by atoms with Crippen molar-refractivity contribution < 1.29 is 18.3 Å². The smallest absolute Gasteiger partial charge is 0.303 e. The lowest BCUT2D eigenvalue weighted by Crippen LogP contribution is -2.43. The minimum absolute atomic E-state index is 0.0114. The monoisotopic (exact) mass is 250 g/mol. The summed E-state index contributed by atoms with van der Waals surface area (Å²) in [7, 11) is -3.39. The van der Waals surface area contributed by atoms with Crippen molar-refractivity contribution in [3.63, 3.8) is 0 Å². The molecule has 0 spiro atoms. The molecule has 1 heterocycles. The van der Waals surface area contributed by atoms with Gasteiger partial charge in [-0.2, -0.15) is 12.7 Å². The van der Waals surface area contributed by atoms with Gasteiger partial charge in [-0.25, -0.2) is 4.72 Å². The first-order valence-electron chi connectivity index (χ1n) is 5.49. The lowest BCUT2D eigenvalue weighted by Gasteiger charge is -2.25. The van der Waals surface area contributed by atoms with Crippen LogP contribution in [-0.4, -0.2) is 43.4 Å². The highest BCUT2D eigenvalue weighted by molar-refractivity contribution is 7.87. The molecule has 0 radical (unpaired) electrons. The van der Waals surface area contributed by atoms with Crippen molar-refractivity contribution in [2.45, 2.75) is 32.1 Å². The van der Waals surface area contributed by atoms with E-state index >= 15 is 0 Å². The van der Waals surface area contributed by atoms with E-state index < -0.39 is 16.2 Å². The van der Waals surface area contributed by atoms with E-state index in [1.165, 1.54) is 4.31 Å². The van der Waals surface area contributed by atoms with Gasteiger partial charge >= 0.3 is 5.97 Å². The molecule has 1 saturated heterocycles. The van der Waals surface area contributed by atoms with Crippen LogP contribution in [0.4, 0.5) is 0 Å². The van der Waals surface area contributed by atoms with Gasteiger partial charge in [-0.1, -0.05) is 6.42 Å². The van der Waals surface area contributed by atoms with Crippen molar-refractivity contribution in [3.05, 3.63) is 0 Å². The van der Waals surface area contributed by atoms with E-state index in [9.17, 15) is 13.2 Å². The number of aliphatic carboxylic acids is 1. The fraction of sp³-hybridized carbons (Fsp3) is 0.889. The van der Waals surface area contributed by atoms with Crippen LogP contribution in [0.1, 0.15) is 32.1 Å². The quantitative estimate of drug-likeness (QED) is 0.658. The average molecular weight is 250 g/mol. The fourth-order valence-corrected chi connectivity index (χ4v) is 2.96. The molecular weight excluding hydrogens is 232 g/mol. The Kier molecular flexibility index (Phi) is 5.17. The Morgan fingerprint density at radius 2 is 1.88 bits per heavy atom. The van der Waals surface area contributed by atoms with Crippen LogP contribution in [-0.2, 0) is 15.0 Å². The predicted molar refractivity (Wildman–Crippen MR) is 59.2 cm³/mol. The summed E-state index contributed by atoms with van der Waals surface area (Å²) in [5, 5.41) is 8.40. The van der Waals surface area contributed by atoms with Crippen LogP contribution < -0.4 is 4.72 Å². The van der Waals surface area contributed by atoms with E-state index in [0.29, 0.717) is 19.5 Å². The van der Waals surface area contributed by atoms with Gasteiger partial charge in [-0.05, 0) is 19.3 Å². The van der Waals surface area contributed by atoms with Crippen LogP contribution in [0.15, 0.2) is 0 Å². The second kappa shape index (κ2) is 6.17. The zero-order valence-electron chi connectivity index (χ0n) is 9.18. The summed E-state index contributed by atoms with van der Waals surface area (Å²) in [4.78, 5) is 10.2. The van der Waals surface area contributed by atoms with Gasteiger partial charge in [0.15, 0.2) is 0 Å². The number of nitrogens with zero attached hydrogens (tertiary/aromatic N) is 1. The third kappa shape index (κ3) is 4.46. The standard InChI is InChI=1S/C9H18N2O4S/c12-9(13)5-4-6-10-16(14,15)11-7-2-1-3-8-11/h10H,1-8H2,(H,12,13). The first-order chi connectivity index (χ1) is 7.52. The lowest BCUT2D eigenvalue weighted by atomic mass is 10.2. The van der Waals surface area contributed by atoms with E-state index in [4.69, 9.17) is 5.11 Å². The van der Waals surface area contributed by atoms with E-state index in [2.05, 4.69) is 4.72 Å². The molecule has 0 aromatic heterocycles. The highest BCUT2D eigenvalue weighted by Crippen LogP contribution is 2.11. The topological polar surface area (TPSA) is 86.7 Å². The van der Waals surface area contributed by atoms with Crippen LogP contribution in [0, 0.1) is 0 Å². The molecule has 0 aromatic rings. The molecule has 2 N–H and O–H groups in total. The number of hydrogen-bond acceptors (Lipinski definition) is 3. The Morgan fingerprint density at radius 1 is 1.25 bits per heavy atom. The molecule has 0 unspecified atom stereocenters. The molecule has 1 aliphatic rings. The van der Waals surface area contributed by atoms with Gasteiger partial charge in [0.05, 0.1) is 0 Å². The maximum Gasteiger partial charge on any atom is 0.303 e. The van der Waals surface area contributed by atoms with Crippen molar-refractivity contribution in [3.8, 4) is 0 Å². The van der Waals surface area contributed by atoms with Crippen LogP contribution in [0.25, 0.3) is 0 Å². The summed E-state index contributed by atoms with van der Waals surface area (Å²) in [6, 6.07) is 0. The molecule has 94 valence electrons.